The van der Waals surface area contributed by atoms with Crippen molar-refractivity contribution in [1.29, 1.82) is 0 Å². The number of esters is 1. The molecule has 1 aliphatic rings. The van der Waals surface area contributed by atoms with Gasteiger partial charge >= 0.3 is 5.97 Å². The number of nitrogens with two attached hydrogens (primary N) is 1. The molecule has 0 spiro atoms. The Morgan fingerprint density at radius 1 is 0.265 bits per heavy atom. The molecule has 1 unspecified atom stereocenters. The van der Waals surface area contributed by atoms with Gasteiger partial charge in [0.2, 0.25) is 0 Å². The molecule has 0 aliphatic carbocycles. The second-order valence-corrected chi connectivity index (χ2v) is 13.3. The molecule has 103 heteroatoms. The number of rotatable bonds is 52. The molecule has 592 valence electrons. The molecule has 0 aromatic heterocycles. The number of piperidine rings is 1. The highest BCUT2D eigenvalue weighted by molar-refractivity contribution is 6.10. The molecule has 2 rings (SSSR count). The van der Waals surface area contributed by atoms with Crippen LogP contribution in [-0.2, 0) is 19.7 Å². The van der Waals surface area contributed by atoms with Crippen LogP contribution < -0.4 is 5.84 Å². The molecule has 0 saturated carbocycles. The molecule has 0 bridgehead atoms. The smallest absolute Gasteiger partial charge is 0.326 e. The fourth-order valence-corrected chi connectivity index (χ4v) is 4.27. The van der Waals surface area contributed by atoms with Gasteiger partial charge in [-0.3, -0.25) is 14.6 Å². The van der Waals surface area contributed by atoms with Crippen LogP contribution in [0.25, 0.3) is 0 Å². The van der Waals surface area contributed by atoms with Gasteiger partial charge in [-0.15, -0.1) is 0 Å². The van der Waals surface area contributed by atoms with Crippen molar-refractivity contribution < 1.29 is 14.3 Å². The summed E-state index contributed by atoms with van der Waals surface area (Å²) in [5.41, 5.74) is -1.14. The minimum atomic E-state index is -1.60. The Kier molecular flexibility index (Phi) is 59.0. The molecule has 103 nitrogen and oxygen atoms in total. The Morgan fingerprint density at radius 2 is 0.419 bits per heavy atom. The number of nitrogens with zero attached hydrogens (tertiary/aromatic N) is 99. The molecule has 1 aliphatic heterocycles. The SMILES string of the molecule is CCOC(=O)C1(c2ccccc2)CN(/N=N/N=N/N=N/N=N/N=N/N=N/N=N/N=N/N=N/N=N/N=N/N=N/N=N/N=N/N=N/N=N/N=N/N=N/N=N/N=N/N=N/N=N/N=N/N=N/N=N/N=N/N=N/N=N/N=N/N=N/N=N/N=N/N=N/N=N/N=N/N=N/N=N/N=N/N=N/N=N/N=N/N=N/N=N/N=N/N=N/N=N/N=N/N=N/N=N/N)CCC1=O. The summed E-state index contributed by atoms with van der Waals surface area (Å²) in [6.45, 7) is 1.74. The van der Waals surface area contributed by atoms with Crippen LogP contribution in [0.4, 0.5) is 0 Å². The summed E-state index contributed by atoms with van der Waals surface area (Å²) in [6.07, 6.45) is -0.000771. The van der Waals surface area contributed by atoms with Gasteiger partial charge in [0, 0.05) is 441 Å². The van der Waals surface area contributed by atoms with Crippen LogP contribution in [0.2, 0.25) is 0 Å². The topological polar surface area (TPSA) is 1280 Å². The average molecular weight is 1630 g/mol. The van der Waals surface area contributed by atoms with Crippen molar-refractivity contribution in [3.8, 4) is 0 Å². The Morgan fingerprint density at radius 3 is 0.573 bits per heavy atom. The van der Waals surface area contributed by atoms with E-state index >= 15 is 0 Å². The fourth-order valence-electron chi connectivity index (χ4n) is 4.27. The Labute approximate surface area is 622 Å². The van der Waals surface area contributed by atoms with Gasteiger partial charge < -0.3 is 10.6 Å². The third-order valence-electron chi connectivity index (χ3n) is 7.40. The van der Waals surface area contributed by atoms with E-state index in [1.807, 2.05) is 0 Å². The number of ether oxygens (including phenoxy) is 1. The van der Waals surface area contributed by atoms with Gasteiger partial charge in [-0.2, -0.15) is 0 Å². The molecular formula is C14H18N100O3. The standard InChI is InChI=1S/C14H18N100O3/c1-2-117-13(116)14(11-6-4-3-5-7-11)10-114(9-8-12(14)115)113-112-111-110-109-108-107-106-105-104-103-102-101-100-99-98-97-96-95-94-93-92-91-90-89-88-87-86-85-84-83-82-81-80-79-78-77-76-75-74-73-72-71-70-69-68-67-66-65-64-63-62-61-60-59-58-57-56-55-54-53-52-51-50-49-48-47-46-45-44-43-42-41-40-39-38-37-36-35-34-33-32-31-30-29-28-27-26-25-24-23-22-21-20-19-18-17-16-15/h3-7H,2,8-10H2,1H3,(H2,15,17,19,21,23,25,27,29,31,33,35,37,39,41,43,45,47,49,51,53,55,57,59,61,63,65,67,69,71,73,75,77,79,81,83,85,87,89,91,93,95,97,99,101,103,105,107,109,111,113). The van der Waals surface area contributed by atoms with Gasteiger partial charge in [-0.1, -0.05) is 35.6 Å². The maximum Gasteiger partial charge on any atom is 0.326 e. The summed E-state index contributed by atoms with van der Waals surface area (Å²) in [7, 11) is 0. The van der Waals surface area contributed by atoms with Crippen LogP contribution in [0, 0.1) is 0 Å². The number of ketones is 1. The largest absolute Gasteiger partial charge is 0.465 e. The van der Waals surface area contributed by atoms with E-state index in [0.717, 1.165) is 0 Å². The first kappa shape index (κ1) is 91.4. The van der Waals surface area contributed by atoms with E-state index in [1.165, 1.54) is 5.01 Å². The molecule has 1 fully saturated rings. The zero-order valence-electron chi connectivity index (χ0n) is 54.8. The number of hydrogen-bond donors (Lipinski definition) is 1. The summed E-state index contributed by atoms with van der Waals surface area (Å²) in [5.74, 6) is 3.62. The third-order valence-corrected chi connectivity index (χ3v) is 7.40. The highest BCUT2D eigenvalue weighted by atomic mass is 16.5. The molecule has 0 amide bonds. The number of hydrogen-bond acceptors (Lipinski definition) is 5. The van der Waals surface area contributed by atoms with Crippen LogP contribution in [0.3, 0.4) is 0 Å². The van der Waals surface area contributed by atoms with Crippen molar-refractivity contribution in [1.82, 2.24) is 5.01 Å². The first-order valence-corrected chi connectivity index (χ1v) is 26.0. The molecule has 2 N–H and O–H groups in total. The van der Waals surface area contributed by atoms with Gasteiger partial charge in [-0.25, -0.2) is 0 Å². The Balaban J connectivity index is 1.45. The van der Waals surface area contributed by atoms with Crippen LogP contribution in [0.15, 0.2) is 542 Å². The van der Waals surface area contributed by atoms with Gasteiger partial charge in [0.15, 0.2) is 11.2 Å². The maximum absolute atomic E-state index is 13.0. The molecule has 1 aromatic carbocycles. The highest BCUT2D eigenvalue weighted by Gasteiger charge is 2.52. The van der Waals surface area contributed by atoms with Crippen LogP contribution in [-0.4, -0.2) is 36.5 Å². The molecule has 1 heterocycles. The van der Waals surface area contributed by atoms with Crippen molar-refractivity contribution in [3.05, 3.63) is 35.9 Å². The zero-order valence-corrected chi connectivity index (χ0v) is 54.8. The van der Waals surface area contributed by atoms with E-state index in [1.54, 1.807) is 37.3 Å². The second-order valence-electron chi connectivity index (χ2n) is 13.3. The first-order valence-electron chi connectivity index (χ1n) is 26.0. The molecule has 0 radical (unpaired) electrons. The summed E-state index contributed by atoms with van der Waals surface area (Å²) < 4.78 is 5.22. The van der Waals surface area contributed by atoms with E-state index in [4.69, 9.17) is 4.74 Å². The summed E-state index contributed by atoms with van der Waals surface area (Å²) in [5, 5.41) is 298. The Bertz CT molecular complexity index is 4590. The van der Waals surface area contributed by atoms with E-state index in [0.29, 0.717) is 5.56 Å². The monoisotopic (exact) mass is 1630 g/mol. The normalized spacial score (nSPS) is 17.2. The quantitative estimate of drug-likeness (QED) is 0.0218. The molecule has 117 heavy (non-hydrogen) atoms. The van der Waals surface area contributed by atoms with E-state index in [9.17, 15) is 9.59 Å². The lowest BCUT2D eigenvalue weighted by molar-refractivity contribution is -0.157. The third kappa shape index (κ3) is 59.4. The molecular weight excluding hydrogens is 1620 g/mol. The van der Waals surface area contributed by atoms with E-state index in [2.05, 4.69) is 518 Å². The zero-order chi connectivity index (χ0) is 83.2. The van der Waals surface area contributed by atoms with Crippen LogP contribution in [0.1, 0.15) is 18.9 Å². The van der Waals surface area contributed by atoms with Crippen molar-refractivity contribution in [2.24, 2.45) is 518 Å². The predicted octanol–water partition coefficient (Wildman–Crippen LogP) is 18.6. The van der Waals surface area contributed by atoms with Crippen LogP contribution >= 0.6 is 0 Å². The van der Waals surface area contributed by atoms with Crippen molar-refractivity contribution in [3.63, 3.8) is 0 Å². The summed E-state index contributed by atoms with van der Waals surface area (Å²) in [6, 6.07) is 8.46. The lowest BCUT2D eigenvalue weighted by Gasteiger charge is -2.37. The minimum Gasteiger partial charge on any atom is -0.465 e. The summed E-state index contributed by atoms with van der Waals surface area (Å²) in [4.78, 5) is 26.0. The Hall–Kier alpha value is -21.6. The second kappa shape index (κ2) is 75.5. The number of carbonyl (C=O) groups excluding carboxylic acids is 2. The lowest BCUT2D eigenvalue weighted by atomic mass is 9.73. The first-order chi connectivity index (χ1) is 58.1. The van der Waals surface area contributed by atoms with Gasteiger partial charge in [-0.05, 0) is 90.8 Å². The average Bonchev–Trinajstić information content (AvgIpc) is 0.759. The maximum atomic E-state index is 13.0. The minimum absolute atomic E-state index is 0.000771. The van der Waals surface area contributed by atoms with Gasteiger partial charge in [0.05, 0.1) is 13.2 Å². The number of Topliss-reactive ketones (excluding diaryl/α,β-unsaturated/α-hetero) is 1. The highest BCUT2D eigenvalue weighted by Crippen LogP contribution is 2.33. The number of benzene rings is 1. The van der Waals surface area contributed by atoms with E-state index < -0.39 is 11.4 Å². The van der Waals surface area contributed by atoms with Crippen molar-refractivity contribution >= 4 is 11.8 Å². The summed E-state index contributed by atoms with van der Waals surface area (Å²) >= 11 is 0. The fraction of sp³-hybridized carbons (Fsp3) is 0.429. The molecule has 1 aromatic rings. The van der Waals surface area contributed by atoms with E-state index in [-0.39, 0.29) is 31.9 Å². The lowest BCUT2D eigenvalue weighted by Crippen LogP contribution is -2.56. The van der Waals surface area contributed by atoms with Crippen LogP contribution in [0.5, 0.6) is 0 Å². The molecule has 1 saturated heterocycles. The van der Waals surface area contributed by atoms with Crippen molar-refractivity contribution in [2.45, 2.75) is 18.8 Å². The van der Waals surface area contributed by atoms with Crippen molar-refractivity contribution in [2.75, 3.05) is 19.7 Å². The van der Waals surface area contributed by atoms with Gasteiger partial charge in [0.1, 0.15) is 0 Å². The van der Waals surface area contributed by atoms with Gasteiger partial charge in [0.25, 0.3) is 0 Å². The predicted molar refractivity (Wildman–Crippen MR) is 308 cm³/mol. The number of carbonyl (C=O) groups is 2. The molecule has 1 atom stereocenters.